The molecule has 0 aromatic heterocycles. The number of hydrogen-bond donors (Lipinski definition) is 1. The minimum Gasteiger partial charge on any atom is -0.380 e. The molecule has 4 heteroatoms. The largest absolute Gasteiger partial charge is 0.380 e. The van der Waals surface area contributed by atoms with Gasteiger partial charge >= 0.3 is 0 Å². The first-order valence-electron chi connectivity index (χ1n) is 7.54. The average Bonchev–Trinajstić information content (AvgIpc) is 2.42. The number of nitrogens with zero attached hydrogens (tertiary/aromatic N) is 2. The molecule has 0 spiro atoms. The lowest BCUT2D eigenvalue weighted by atomic mass is 9.97. The Morgan fingerprint density at radius 2 is 2.00 bits per heavy atom. The van der Waals surface area contributed by atoms with Crippen molar-refractivity contribution in [3.05, 3.63) is 0 Å². The van der Waals surface area contributed by atoms with E-state index in [1.807, 2.05) is 0 Å². The van der Waals surface area contributed by atoms with Crippen LogP contribution in [0.5, 0.6) is 0 Å². The van der Waals surface area contributed by atoms with Crippen LogP contribution < -0.4 is 5.32 Å². The van der Waals surface area contributed by atoms with E-state index in [0.717, 1.165) is 25.7 Å². The van der Waals surface area contributed by atoms with Crippen molar-refractivity contribution in [2.75, 3.05) is 66.1 Å². The predicted molar refractivity (Wildman–Crippen MR) is 75.0 cm³/mol. The Kier molecular flexibility index (Phi) is 6.41. The van der Waals surface area contributed by atoms with Gasteiger partial charge in [0.05, 0.1) is 6.61 Å². The quantitative estimate of drug-likeness (QED) is 0.705. The number of likely N-dealkylation sites (N-methyl/N-ethyl adjacent to an activating group) is 1. The first kappa shape index (κ1) is 14.3. The summed E-state index contributed by atoms with van der Waals surface area (Å²) >= 11 is 0. The third kappa shape index (κ3) is 5.22. The van der Waals surface area contributed by atoms with Crippen LogP contribution in [0.2, 0.25) is 0 Å². The zero-order chi connectivity index (χ0) is 12.6. The molecular formula is C14H29N3O. The van der Waals surface area contributed by atoms with Crippen LogP contribution in [0.25, 0.3) is 0 Å². The van der Waals surface area contributed by atoms with Crippen LogP contribution in [0.3, 0.4) is 0 Å². The van der Waals surface area contributed by atoms with E-state index >= 15 is 0 Å². The molecule has 2 aliphatic rings. The molecule has 0 amide bonds. The van der Waals surface area contributed by atoms with Gasteiger partial charge in [0.25, 0.3) is 0 Å². The van der Waals surface area contributed by atoms with E-state index in [4.69, 9.17) is 4.74 Å². The molecule has 4 nitrogen and oxygen atoms in total. The molecule has 0 aromatic rings. The van der Waals surface area contributed by atoms with Gasteiger partial charge in [-0.1, -0.05) is 0 Å². The maximum Gasteiger partial charge on any atom is 0.0593 e. The molecule has 106 valence electrons. The Labute approximate surface area is 112 Å². The van der Waals surface area contributed by atoms with Crippen molar-refractivity contribution >= 4 is 0 Å². The highest BCUT2D eigenvalue weighted by Gasteiger charge is 2.14. The highest BCUT2D eigenvalue weighted by Crippen LogP contribution is 2.13. The zero-order valence-electron chi connectivity index (χ0n) is 11.9. The van der Waals surface area contributed by atoms with E-state index in [1.165, 1.54) is 58.5 Å². The van der Waals surface area contributed by atoms with Crippen LogP contribution in [0.4, 0.5) is 0 Å². The van der Waals surface area contributed by atoms with Gasteiger partial charge in [-0.05, 0) is 45.3 Å². The minimum absolute atomic E-state index is 0.849. The summed E-state index contributed by atoms with van der Waals surface area (Å²) in [5.41, 5.74) is 0. The summed E-state index contributed by atoms with van der Waals surface area (Å²) in [5.74, 6) is 0.849. The summed E-state index contributed by atoms with van der Waals surface area (Å²) < 4.78 is 5.78. The van der Waals surface area contributed by atoms with Crippen LogP contribution >= 0.6 is 0 Å². The van der Waals surface area contributed by atoms with E-state index < -0.39 is 0 Å². The second-order valence-corrected chi connectivity index (χ2v) is 5.76. The standard InChI is InChI=1S/C14H29N3O/c1-16-6-8-17(9-7-16)10-12-18-11-4-14-3-2-5-15-13-14/h14-15H,2-13H2,1H3. The van der Waals surface area contributed by atoms with Crippen LogP contribution in [0.1, 0.15) is 19.3 Å². The summed E-state index contributed by atoms with van der Waals surface area (Å²) in [7, 11) is 2.20. The molecule has 0 saturated carbocycles. The molecule has 0 aliphatic carbocycles. The van der Waals surface area contributed by atoms with Crippen LogP contribution in [0.15, 0.2) is 0 Å². The van der Waals surface area contributed by atoms with Gasteiger partial charge in [0.2, 0.25) is 0 Å². The molecule has 2 fully saturated rings. The highest BCUT2D eigenvalue weighted by atomic mass is 16.5. The van der Waals surface area contributed by atoms with E-state index in [2.05, 4.69) is 22.2 Å². The van der Waals surface area contributed by atoms with Crippen molar-refractivity contribution in [1.29, 1.82) is 0 Å². The van der Waals surface area contributed by atoms with Gasteiger partial charge in [0.1, 0.15) is 0 Å². The van der Waals surface area contributed by atoms with Crippen molar-refractivity contribution in [3.8, 4) is 0 Å². The summed E-state index contributed by atoms with van der Waals surface area (Å²) in [6.45, 7) is 10.2. The maximum atomic E-state index is 5.78. The van der Waals surface area contributed by atoms with Crippen molar-refractivity contribution in [3.63, 3.8) is 0 Å². The van der Waals surface area contributed by atoms with Gasteiger partial charge in [0.15, 0.2) is 0 Å². The lowest BCUT2D eigenvalue weighted by molar-refractivity contribution is 0.0736. The molecule has 2 saturated heterocycles. The van der Waals surface area contributed by atoms with Crippen molar-refractivity contribution in [1.82, 2.24) is 15.1 Å². The van der Waals surface area contributed by atoms with Crippen LogP contribution in [-0.2, 0) is 4.74 Å². The second-order valence-electron chi connectivity index (χ2n) is 5.76. The van der Waals surface area contributed by atoms with Gasteiger partial charge in [-0.15, -0.1) is 0 Å². The summed E-state index contributed by atoms with van der Waals surface area (Å²) in [6, 6.07) is 0. The smallest absolute Gasteiger partial charge is 0.0593 e. The molecule has 1 N–H and O–H groups in total. The van der Waals surface area contributed by atoms with Crippen molar-refractivity contribution in [2.24, 2.45) is 5.92 Å². The molecule has 1 atom stereocenters. The van der Waals surface area contributed by atoms with Crippen molar-refractivity contribution < 1.29 is 4.74 Å². The Morgan fingerprint density at radius 1 is 1.17 bits per heavy atom. The number of nitrogens with one attached hydrogen (secondary N) is 1. The maximum absolute atomic E-state index is 5.78. The first-order chi connectivity index (χ1) is 8.84. The zero-order valence-corrected chi connectivity index (χ0v) is 11.9. The van der Waals surface area contributed by atoms with Gasteiger partial charge in [-0.3, -0.25) is 4.90 Å². The van der Waals surface area contributed by atoms with E-state index in [9.17, 15) is 0 Å². The molecule has 2 aliphatic heterocycles. The number of rotatable bonds is 6. The van der Waals surface area contributed by atoms with Crippen molar-refractivity contribution in [2.45, 2.75) is 19.3 Å². The molecule has 0 radical (unpaired) electrons. The average molecular weight is 255 g/mol. The van der Waals surface area contributed by atoms with E-state index in [0.29, 0.717) is 0 Å². The monoisotopic (exact) mass is 255 g/mol. The predicted octanol–water partition coefficient (Wildman–Crippen LogP) is 0.640. The fourth-order valence-electron chi connectivity index (χ4n) is 2.79. The number of ether oxygens (including phenoxy) is 1. The first-order valence-corrected chi connectivity index (χ1v) is 7.54. The number of piperazine rings is 1. The molecule has 0 bridgehead atoms. The van der Waals surface area contributed by atoms with E-state index in [1.54, 1.807) is 0 Å². The summed E-state index contributed by atoms with van der Waals surface area (Å²) in [6.07, 6.45) is 3.95. The van der Waals surface area contributed by atoms with Gasteiger partial charge in [-0.25, -0.2) is 0 Å². The van der Waals surface area contributed by atoms with Crippen LogP contribution in [0, 0.1) is 5.92 Å². The summed E-state index contributed by atoms with van der Waals surface area (Å²) in [5, 5.41) is 3.46. The Balaban J connectivity index is 1.43. The fraction of sp³-hybridized carbons (Fsp3) is 1.00. The molecule has 2 heterocycles. The number of piperidine rings is 1. The molecule has 2 rings (SSSR count). The normalized spacial score (nSPS) is 27.5. The topological polar surface area (TPSA) is 27.7 Å². The number of hydrogen-bond acceptors (Lipinski definition) is 4. The molecular weight excluding hydrogens is 226 g/mol. The molecule has 18 heavy (non-hydrogen) atoms. The fourth-order valence-corrected chi connectivity index (χ4v) is 2.79. The van der Waals surface area contributed by atoms with Gasteiger partial charge in [-0.2, -0.15) is 0 Å². The van der Waals surface area contributed by atoms with Crippen LogP contribution in [-0.4, -0.2) is 75.9 Å². The lowest BCUT2D eigenvalue weighted by Gasteiger charge is -2.32. The summed E-state index contributed by atoms with van der Waals surface area (Å²) in [4.78, 5) is 4.91. The third-order valence-corrected chi connectivity index (χ3v) is 4.22. The van der Waals surface area contributed by atoms with E-state index in [-0.39, 0.29) is 0 Å². The minimum atomic E-state index is 0.849. The molecule has 0 aromatic carbocycles. The SMILES string of the molecule is CN1CCN(CCOCCC2CCCNC2)CC1. The highest BCUT2D eigenvalue weighted by molar-refractivity contribution is 4.70. The second kappa shape index (κ2) is 8.10. The Morgan fingerprint density at radius 3 is 2.72 bits per heavy atom. The van der Waals surface area contributed by atoms with Gasteiger partial charge in [0, 0.05) is 39.3 Å². The van der Waals surface area contributed by atoms with Gasteiger partial charge < -0.3 is 15.0 Å². The molecule has 1 unspecified atom stereocenters. The Bertz CT molecular complexity index is 211. The Hall–Kier alpha value is -0.160. The third-order valence-electron chi connectivity index (χ3n) is 4.22. The lowest BCUT2D eigenvalue weighted by Crippen LogP contribution is -2.45.